The fraction of sp³-hybridized carbons (Fsp3) is 0.818. The van der Waals surface area contributed by atoms with E-state index in [4.69, 9.17) is 4.43 Å². The SMILES string of the molecule is C=CCC(CC(C)C)O[Si](C)(C)C. The molecule has 0 aromatic rings. The molecule has 0 amide bonds. The van der Waals surface area contributed by atoms with Gasteiger partial charge >= 0.3 is 0 Å². The van der Waals surface area contributed by atoms with Crippen molar-refractivity contribution < 1.29 is 4.43 Å². The zero-order valence-electron chi connectivity index (χ0n) is 9.76. The lowest BCUT2D eigenvalue weighted by Crippen LogP contribution is -2.32. The second-order valence-electron chi connectivity index (χ2n) is 5.01. The number of hydrogen-bond donors (Lipinski definition) is 0. The fourth-order valence-corrected chi connectivity index (χ4v) is 2.60. The van der Waals surface area contributed by atoms with Crippen LogP contribution in [-0.2, 0) is 4.43 Å². The van der Waals surface area contributed by atoms with Gasteiger partial charge in [-0.1, -0.05) is 19.9 Å². The van der Waals surface area contributed by atoms with Crippen LogP contribution in [0.4, 0.5) is 0 Å². The summed E-state index contributed by atoms with van der Waals surface area (Å²) in [5.41, 5.74) is 0. The van der Waals surface area contributed by atoms with Crippen molar-refractivity contribution in [1.82, 2.24) is 0 Å². The largest absolute Gasteiger partial charge is 0.414 e. The van der Waals surface area contributed by atoms with E-state index in [-0.39, 0.29) is 0 Å². The summed E-state index contributed by atoms with van der Waals surface area (Å²) < 4.78 is 6.06. The third-order valence-electron chi connectivity index (χ3n) is 1.68. The van der Waals surface area contributed by atoms with Gasteiger partial charge in [0.05, 0.1) is 0 Å². The van der Waals surface area contributed by atoms with Crippen molar-refractivity contribution in [1.29, 1.82) is 0 Å². The molecule has 0 aliphatic rings. The average molecular weight is 200 g/mol. The monoisotopic (exact) mass is 200 g/mol. The van der Waals surface area contributed by atoms with Crippen LogP contribution in [0.2, 0.25) is 19.6 Å². The van der Waals surface area contributed by atoms with Crippen molar-refractivity contribution in [3.8, 4) is 0 Å². The first-order chi connectivity index (χ1) is 5.85. The molecule has 78 valence electrons. The van der Waals surface area contributed by atoms with Crippen LogP contribution in [0.25, 0.3) is 0 Å². The first kappa shape index (κ1) is 12.9. The van der Waals surface area contributed by atoms with E-state index in [1.54, 1.807) is 0 Å². The highest BCUT2D eigenvalue weighted by atomic mass is 28.4. The molecule has 0 N–H and O–H groups in total. The van der Waals surface area contributed by atoms with Crippen molar-refractivity contribution in [2.24, 2.45) is 5.92 Å². The van der Waals surface area contributed by atoms with E-state index < -0.39 is 8.32 Å². The van der Waals surface area contributed by atoms with Gasteiger partial charge in [-0.15, -0.1) is 6.58 Å². The van der Waals surface area contributed by atoms with Gasteiger partial charge in [-0.3, -0.25) is 0 Å². The Labute approximate surface area is 84.3 Å². The number of rotatable bonds is 6. The predicted octanol–water partition coefficient (Wildman–Crippen LogP) is 3.83. The molecule has 0 rings (SSSR count). The molecule has 0 saturated heterocycles. The Balaban J connectivity index is 4.01. The normalized spacial score (nSPS) is 14.6. The van der Waals surface area contributed by atoms with Crippen LogP contribution in [0.3, 0.4) is 0 Å². The third-order valence-corrected chi connectivity index (χ3v) is 2.72. The standard InChI is InChI=1S/C11H24OSi/c1-7-8-11(9-10(2)3)12-13(4,5)6/h7,10-11H,1,8-9H2,2-6H3. The van der Waals surface area contributed by atoms with Crippen LogP contribution >= 0.6 is 0 Å². The van der Waals surface area contributed by atoms with Crippen LogP contribution in [0, 0.1) is 5.92 Å². The molecular weight excluding hydrogens is 176 g/mol. The minimum absolute atomic E-state index is 0.393. The van der Waals surface area contributed by atoms with Gasteiger partial charge < -0.3 is 4.43 Å². The maximum absolute atomic E-state index is 6.06. The van der Waals surface area contributed by atoms with E-state index in [0.717, 1.165) is 12.8 Å². The van der Waals surface area contributed by atoms with E-state index >= 15 is 0 Å². The second kappa shape index (κ2) is 5.61. The van der Waals surface area contributed by atoms with Gasteiger partial charge in [-0.2, -0.15) is 0 Å². The van der Waals surface area contributed by atoms with E-state index in [2.05, 4.69) is 40.1 Å². The van der Waals surface area contributed by atoms with Crippen LogP contribution < -0.4 is 0 Å². The van der Waals surface area contributed by atoms with Crippen LogP contribution in [0.5, 0.6) is 0 Å². The second-order valence-corrected chi connectivity index (χ2v) is 9.47. The summed E-state index contributed by atoms with van der Waals surface area (Å²) in [6.45, 7) is 15.0. The molecule has 1 atom stereocenters. The van der Waals surface area contributed by atoms with Gasteiger partial charge in [0, 0.05) is 6.10 Å². The molecule has 0 heterocycles. The summed E-state index contributed by atoms with van der Waals surface area (Å²) in [5, 5.41) is 0. The van der Waals surface area contributed by atoms with Crippen molar-refractivity contribution in [2.45, 2.75) is 52.4 Å². The Kier molecular flexibility index (Phi) is 5.57. The molecule has 0 radical (unpaired) electrons. The zero-order chi connectivity index (χ0) is 10.5. The molecular formula is C11H24OSi. The maximum atomic E-state index is 6.06. The summed E-state index contributed by atoms with van der Waals surface area (Å²) in [4.78, 5) is 0. The minimum Gasteiger partial charge on any atom is -0.414 e. The third kappa shape index (κ3) is 8.25. The Bertz CT molecular complexity index is 147. The molecule has 0 aliphatic carbocycles. The van der Waals surface area contributed by atoms with Crippen molar-refractivity contribution >= 4 is 8.32 Å². The zero-order valence-corrected chi connectivity index (χ0v) is 10.8. The van der Waals surface area contributed by atoms with E-state index in [0.29, 0.717) is 12.0 Å². The predicted molar refractivity (Wildman–Crippen MR) is 62.5 cm³/mol. The van der Waals surface area contributed by atoms with Crippen LogP contribution in [0.1, 0.15) is 26.7 Å². The van der Waals surface area contributed by atoms with E-state index in [1.807, 2.05) is 6.08 Å². The molecule has 1 nitrogen and oxygen atoms in total. The highest BCUT2D eigenvalue weighted by molar-refractivity contribution is 6.69. The van der Waals surface area contributed by atoms with E-state index in [1.165, 1.54) is 0 Å². The fourth-order valence-electron chi connectivity index (χ4n) is 1.40. The molecule has 0 bridgehead atoms. The van der Waals surface area contributed by atoms with Crippen molar-refractivity contribution in [3.63, 3.8) is 0 Å². The van der Waals surface area contributed by atoms with Crippen LogP contribution in [0.15, 0.2) is 12.7 Å². The van der Waals surface area contributed by atoms with Crippen molar-refractivity contribution in [2.75, 3.05) is 0 Å². The summed E-state index contributed by atoms with van der Waals surface area (Å²) in [7, 11) is -1.37. The van der Waals surface area contributed by atoms with Gasteiger partial charge in [-0.25, -0.2) is 0 Å². The first-order valence-corrected chi connectivity index (χ1v) is 8.54. The topological polar surface area (TPSA) is 9.23 Å². The minimum atomic E-state index is -1.37. The van der Waals surface area contributed by atoms with Crippen molar-refractivity contribution in [3.05, 3.63) is 12.7 Å². The van der Waals surface area contributed by atoms with Crippen LogP contribution in [-0.4, -0.2) is 14.4 Å². The Morgan fingerprint density at radius 2 is 1.85 bits per heavy atom. The van der Waals surface area contributed by atoms with E-state index in [9.17, 15) is 0 Å². The maximum Gasteiger partial charge on any atom is 0.184 e. The first-order valence-electron chi connectivity index (χ1n) is 5.14. The molecule has 0 saturated carbocycles. The Hall–Kier alpha value is -0.0831. The summed E-state index contributed by atoms with van der Waals surface area (Å²) in [5.74, 6) is 0.710. The van der Waals surface area contributed by atoms with Gasteiger partial charge in [0.15, 0.2) is 8.32 Å². The number of hydrogen-bond acceptors (Lipinski definition) is 1. The van der Waals surface area contributed by atoms with Gasteiger partial charge in [0.25, 0.3) is 0 Å². The molecule has 0 aliphatic heterocycles. The lowest BCUT2D eigenvalue weighted by atomic mass is 10.0. The average Bonchev–Trinajstić information content (AvgIpc) is 1.81. The van der Waals surface area contributed by atoms with Gasteiger partial charge in [-0.05, 0) is 38.4 Å². The molecule has 1 unspecified atom stereocenters. The smallest absolute Gasteiger partial charge is 0.184 e. The molecule has 0 fully saturated rings. The summed E-state index contributed by atoms with van der Waals surface area (Å²) >= 11 is 0. The van der Waals surface area contributed by atoms with Gasteiger partial charge in [0.2, 0.25) is 0 Å². The molecule has 2 heteroatoms. The molecule has 13 heavy (non-hydrogen) atoms. The quantitative estimate of drug-likeness (QED) is 0.468. The summed E-state index contributed by atoms with van der Waals surface area (Å²) in [6, 6.07) is 0. The lowest BCUT2D eigenvalue weighted by Gasteiger charge is -2.26. The Morgan fingerprint density at radius 3 is 2.15 bits per heavy atom. The summed E-state index contributed by atoms with van der Waals surface area (Å²) in [6.07, 6.45) is 4.50. The lowest BCUT2D eigenvalue weighted by molar-refractivity contribution is 0.170. The molecule has 0 aromatic carbocycles. The van der Waals surface area contributed by atoms with Gasteiger partial charge in [0.1, 0.15) is 0 Å². The highest BCUT2D eigenvalue weighted by Gasteiger charge is 2.20. The molecule has 0 spiro atoms. The Morgan fingerprint density at radius 1 is 1.31 bits per heavy atom. The molecule has 0 aromatic heterocycles. The highest BCUT2D eigenvalue weighted by Crippen LogP contribution is 2.17.